The third-order valence-corrected chi connectivity index (χ3v) is 4.55. The van der Waals surface area contributed by atoms with E-state index in [-0.39, 0.29) is 5.91 Å². The highest BCUT2D eigenvalue weighted by molar-refractivity contribution is 7.80. The van der Waals surface area contributed by atoms with Crippen LogP contribution in [-0.2, 0) is 4.74 Å². The van der Waals surface area contributed by atoms with Crippen molar-refractivity contribution in [2.24, 2.45) is 0 Å². The molecular formula is C20H23N3O4S. The van der Waals surface area contributed by atoms with E-state index in [1.54, 1.807) is 43.4 Å². The molecule has 0 spiro atoms. The predicted octanol–water partition coefficient (Wildman–Crippen LogP) is 2.99. The monoisotopic (exact) mass is 401 g/mol. The molecule has 28 heavy (non-hydrogen) atoms. The van der Waals surface area contributed by atoms with Crippen LogP contribution in [0.1, 0.15) is 10.4 Å². The van der Waals surface area contributed by atoms with Gasteiger partial charge in [0.25, 0.3) is 5.91 Å². The van der Waals surface area contributed by atoms with Crippen LogP contribution in [0.15, 0.2) is 42.5 Å². The number of benzene rings is 2. The third kappa shape index (κ3) is 4.90. The lowest BCUT2D eigenvalue weighted by molar-refractivity contribution is 0.0303. The number of carbonyl (C=O) groups excluding carboxylic acids is 1. The molecule has 0 aliphatic carbocycles. The van der Waals surface area contributed by atoms with Gasteiger partial charge in [0.1, 0.15) is 11.5 Å². The number of anilines is 2. The second-order valence-electron chi connectivity index (χ2n) is 6.13. The topological polar surface area (TPSA) is 72.1 Å². The summed E-state index contributed by atoms with van der Waals surface area (Å²) in [4.78, 5) is 14.3. The predicted molar refractivity (Wildman–Crippen MR) is 113 cm³/mol. The lowest BCUT2D eigenvalue weighted by Gasteiger charge is -2.26. The quantitative estimate of drug-likeness (QED) is 0.746. The molecular weight excluding hydrogens is 378 g/mol. The van der Waals surface area contributed by atoms with Crippen molar-refractivity contribution < 1.29 is 19.0 Å². The molecule has 1 saturated heterocycles. The molecule has 2 aromatic carbocycles. The first-order valence-electron chi connectivity index (χ1n) is 8.88. The van der Waals surface area contributed by atoms with Crippen molar-refractivity contribution >= 4 is 34.6 Å². The van der Waals surface area contributed by atoms with Crippen molar-refractivity contribution in [1.82, 2.24) is 4.90 Å². The van der Waals surface area contributed by atoms with Crippen LogP contribution in [0, 0.1) is 0 Å². The second-order valence-corrected chi connectivity index (χ2v) is 6.54. The van der Waals surface area contributed by atoms with E-state index >= 15 is 0 Å². The minimum Gasteiger partial charge on any atom is -0.497 e. The van der Waals surface area contributed by atoms with Crippen LogP contribution in [0.25, 0.3) is 0 Å². The molecule has 3 rings (SSSR count). The molecule has 2 N–H and O–H groups in total. The normalized spacial score (nSPS) is 13.6. The highest BCUT2D eigenvalue weighted by Crippen LogP contribution is 2.29. The Bertz CT molecular complexity index is 836. The average Bonchev–Trinajstić information content (AvgIpc) is 2.74. The molecule has 0 saturated carbocycles. The number of hydrogen-bond acceptors (Lipinski definition) is 5. The zero-order valence-corrected chi connectivity index (χ0v) is 16.7. The summed E-state index contributed by atoms with van der Waals surface area (Å²) in [5, 5.41) is 6.61. The summed E-state index contributed by atoms with van der Waals surface area (Å²) < 4.78 is 15.9. The number of nitrogens with zero attached hydrogens (tertiary/aromatic N) is 1. The van der Waals surface area contributed by atoms with Gasteiger partial charge in [0, 0.05) is 30.4 Å². The van der Waals surface area contributed by atoms with Crippen molar-refractivity contribution in [2.75, 3.05) is 51.2 Å². The number of morpholine rings is 1. The highest BCUT2D eigenvalue weighted by atomic mass is 32.1. The van der Waals surface area contributed by atoms with E-state index in [1.165, 1.54) is 0 Å². The Morgan fingerprint density at radius 2 is 1.75 bits per heavy atom. The van der Waals surface area contributed by atoms with Crippen molar-refractivity contribution in [3.05, 3.63) is 48.0 Å². The Morgan fingerprint density at radius 1 is 1.04 bits per heavy atom. The molecule has 2 aromatic rings. The molecule has 1 heterocycles. The van der Waals surface area contributed by atoms with Crippen LogP contribution in [0.5, 0.6) is 11.5 Å². The Balaban J connectivity index is 1.62. The minimum atomic E-state index is 0.0108. The number of carbonyl (C=O) groups is 1. The van der Waals surface area contributed by atoms with Crippen LogP contribution >= 0.6 is 12.2 Å². The summed E-state index contributed by atoms with van der Waals surface area (Å²) in [6.45, 7) is 2.41. The number of nitrogens with one attached hydrogen (secondary N) is 2. The van der Waals surface area contributed by atoms with E-state index in [0.717, 1.165) is 5.69 Å². The maximum atomic E-state index is 12.5. The zero-order chi connectivity index (χ0) is 19.9. The second kappa shape index (κ2) is 9.38. The molecule has 8 heteroatoms. The molecule has 0 unspecified atom stereocenters. The Morgan fingerprint density at radius 3 is 2.39 bits per heavy atom. The molecule has 1 amide bonds. The summed E-state index contributed by atoms with van der Waals surface area (Å²) in [7, 11) is 3.19. The lowest BCUT2D eigenvalue weighted by Crippen LogP contribution is -2.40. The summed E-state index contributed by atoms with van der Waals surface area (Å²) in [6, 6.07) is 12.6. The van der Waals surface area contributed by atoms with Crippen molar-refractivity contribution in [3.8, 4) is 11.5 Å². The fourth-order valence-electron chi connectivity index (χ4n) is 2.84. The van der Waals surface area contributed by atoms with Gasteiger partial charge in [0.05, 0.1) is 33.1 Å². The highest BCUT2D eigenvalue weighted by Gasteiger charge is 2.18. The first-order chi connectivity index (χ1) is 13.6. The van der Waals surface area contributed by atoms with Gasteiger partial charge in [-0.2, -0.15) is 0 Å². The van der Waals surface area contributed by atoms with Crippen LogP contribution in [-0.4, -0.2) is 56.4 Å². The van der Waals surface area contributed by atoms with Crippen LogP contribution < -0.4 is 20.1 Å². The van der Waals surface area contributed by atoms with E-state index in [0.29, 0.717) is 54.2 Å². The minimum absolute atomic E-state index is 0.0108. The molecule has 1 aliphatic rings. The van der Waals surface area contributed by atoms with Crippen molar-refractivity contribution in [2.45, 2.75) is 0 Å². The van der Waals surface area contributed by atoms with E-state index in [4.69, 9.17) is 26.4 Å². The van der Waals surface area contributed by atoms with Gasteiger partial charge < -0.3 is 29.7 Å². The zero-order valence-electron chi connectivity index (χ0n) is 15.9. The summed E-state index contributed by atoms with van der Waals surface area (Å²) in [5.41, 5.74) is 2.11. The average molecular weight is 401 g/mol. The van der Waals surface area contributed by atoms with Crippen LogP contribution in [0.4, 0.5) is 11.4 Å². The molecule has 7 nitrogen and oxygen atoms in total. The number of hydrogen-bond donors (Lipinski definition) is 2. The van der Waals surface area contributed by atoms with E-state index < -0.39 is 0 Å². The fraction of sp³-hybridized carbons (Fsp3) is 0.300. The van der Waals surface area contributed by atoms with Gasteiger partial charge in [-0.3, -0.25) is 4.79 Å². The van der Waals surface area contributed by atoms with Gasteiger partial charge in [-0.25, -0.2) is 0 Å². The van der Waals surface area contributed by atoms with Gasteiger partial charge in [0.2, 0.25) is 0 Å². The third-order valence-electron chi connectivity index (χ3n) is 4.34. The SMILES string of the molecule is COc1ccc(OC)c(NC(=S)Nc2ccc(C(=O)N3CCOCC3)cc2)c1. The standard InChI is InChI=1S/C20H23N3O4S/c1-25-16-7-8-18(26-2)17(13-16)22-20(28)21-15-5-3-14(4-6-15)19(24)23-9-11-27-12-10-23/h3-8,13H,9-12H2,1-2H3,(H2,21,22,28). The van der Waals surface area contributed by atoms with E-state index in [2.05, 4.69) is 10.6 Å². The number of thiocarbonyl (C=S) groups is 1. The number of rotatable bonds is 5. The molecule has 0 radical (unpaired) electrons. The summed E-state index contributed by atoms with van der Waals surface area (Å²) in [6.07, 6.45) is 0. The Kier molecular flexibility index (Phi) is 6.67. The fourth-order valence-corrected chi connectivity index (χ4v) is 3.07. The van der Waals surface area contributed by atoms with Gasteiger partial charge in [-0.05, 0) is 48.6 Å². The Hall–Kier alpha value is -2.84. The van der Waals surface area contributed by atoms with E-state index in [9.17, 15) is 4.79 Å². The number of methoxy groups -OCH3 is 2. The summed E-state index contributed by atoms with van der Waals surface area (Å²) >= 11 is 5.38. The molecule has 0 atom stereocenters. The Labute approximate surface area is 169 Å². The molecule has 1 aliphatic heterocycles. The van der Waals surface area contributed by atoms with Gasteiger partial charge >= 0.3 is 0 Å². The smallest absolute Gasteiger partial charge is 0.254 e. The molecule has 0 bridgehead atoms. The maximum absolute atomic E-state index is 12.5. The summed E-state index contributed by atoms with van der Waals surface area (Å²) in [5.74, 6) is 1.35. The lowest BCUT2D eigenvalue weighted by atomic mass is 10.1. The molecule has 1 fully saturated rings. The number of amides is 1. The van der Waals surface area contributed by atoms with Gasteiger partial charge in [0.15, 0.2) is 5.11 Å². The molecule has 148 valence electrons. The van der Waals surface area contributed by atoms with Crippen LogP contribution in [0.3, 0.4) is 0 Å². The van der Waals surface area contributed by atoms with Gasteiger partial charge in [-0.1, -0.05) is 0 Å². The van der Waals surface area contributed by atoms with Crippen molar-refractivity contribution in [3.63, 3.8) is 0 Å². The largest absolute Gasteiger partial charge is 0.497 e. The van der Waals surface area contributed by atoms with Crippen LogP contribution in [0.2, 0.25) is 0 Å². The first-order valence-corrected chi connectivity index (χ1v) is 9.28. The first kappa shape index (κ1) is 19.9. The maximum Gasteiger partial charge on any atom is 0.254 e. The van der Waals surface area contributed by atoms with E-state index in [1.807, 2.05) is 18.2 Å². The van der Waals surface area contributed by atoms with Crippen molar-refractivity contribution in [1.29, 1.82) is 0 Å². The molecule has 0 aromatic heterocycles. The van der Waals surface area contributed by atoms with Gasteiger partial charge in [-0.15, -0.1) is 0 Å². The number of ether oxygens (including phenoxy) is 3.